The predicted octanol–water partition coefficient (Wildman–Crippen LogP) is 1.78. The van der Waals surface area contributed by atoms with E-state index in [0.29, 0.717) is 0 Å². The van der Waals surface area contributed by atoms with E-state index >= 15 is 0 Å². The summed E-state index contributed by atoms with van der Waals surface area (Å²) in [5.41, 5.74) is 6.53. The minimum Gasteiger partial charge on any atom is -0.396 e. The van der Waals surface area contributed by atoms with Crippen molar-refractivity contribution in [2.75, 3.05) is 17.7 Å². The lowest BCUT2D eigenvalue weighted by Crippen LogP contribution is -2.17. The quantitative estimate of drug-likeness (QED) is 0.749. The summed E-state index contributed by atoms with van der Waals surface area (Å²) in [6.45, 7) is 2.27. The Bertz CT molecular complexity index is 529. The number of fused-ring (bicyclic) bond motifs is 1. The minimum atomic E-state index is 0.207. The molecule has 2 rings (SSSR count). The number of nitrogens with one attached hydrogen (secondary N) is 1. The van der Waals surface area contributed by atoms with E-state index < -0.39 is 0 Å². The molecule has 0 amide bonds. The van der Waals surface area contributed by atoms with Crippen LogP contribution in [0.15, 0.2) is 24.3 Å². The van der Waals surface area contributed by atoms with E-state index in [1.54, 1.807) is 0 Å². The van der Waals surface area contributed by atoms with Crippen molar-refractivity contribution in [1.82, 2.24) is 9.97 Å². The van der Waals surface area contributed by atoms with Crippen LogP contribution < -0.4 is 11.1 Å². The van der Waals surface area contributed by atoms with Crippen molar-refractivity contribution in [2.45, 2.75) is 25.8 Å². The molecule has 0 bridgehead atoms. The lowest BCUT2D eigenvalue weighted by molar-refractivity contribution is 0.282. The van der Waals surface area contributed by atoms with Gasteiger partial charge in [-0.05, 0) is 31.9 Å². The Morgan fingerprint density at radius 2 is 2.11 bits per heavy atom. The van der Waals surface area contributed by atoms with Crippen molar-refractivity contribution in [2.24, 2.45) is 0 Å². The number of aliphatic hydroxyl groups is 1. The molecule has 0 radical (unpaired) electrons. The van der Waals surface area contributed by atoms with E-state index in [4.69, 9.17) is 10.8 Å². The van der Waals surface area contributed by atoms with Gasteiger partial charge < -0.3 is 16.2 Å². The number of hydrogen-bond acceptors (Lipinski definition) is 5. The molecule has 1 aromatic heterocycles. The second kappa shape index (κ2) is 5.64. The van der Waals surface area contributed by atoms with Crippen LogP contribution in [-0.4, -0.2) is 27.7 Å². The van der Waals surface area contributed by atoms with E-state index in [2.05, 4.69) is 22.2 Å². The lowest BCUT2D eigenvalue weighted by atomic mass is 10.1. The zero-order valence-electron chi connectivity index (χ0n) is 10.4. The van der Waals surface area contributed by atoms with Gasteiger partial charge in [0.2, 0.25) is 5.95 Å². The van der Waals surface area contributed by atoms with Gasteiger partial charge in [-0.2, -0.15) is 4.98 Å². The maximum absolute atomic E-state index is 8.82. The Morgan fingerprint density at radius 1 is 1.33 bits per heavy atom. The number of aromatic nitrogens is 2. The molecule has 1 unspecified atom stereocenters. The van der Waals surface area contributed by atoms with Crippen LogP contribution in [0.3, 0.4) is 0 Å². The topological polar surface area (TPSA) is 84.1 Å². The second-order valence-corrected chi connectivity index (χ2v) is 4.36. The van der Waals surface area contributed by atoms with Crippen molar-refractivity contribution < 1.29 is 5.11 Å². The van der Waals surface area contributed by atoms with Gasteiger partial charge in [0.15, 0.2) is 0 Å². The summed E-state index contributed by atoms with van der Waals surface area (Å²) >= 11 is 0. The monoisotopic (exact) mass is 246 g/mol. The van der Waals surface area contributed by atoms with Crippen LogP contribution in [0.2, 0.25) is 0 Å². The Hall–Kier alpha value is -1.88. The van der Waals surface area contributed by atoms with E-state index in [0.717, 1.165) is 29.6 Å². The maximum atomic E-state index is 8.82. The van der Waals surface area contributed by atoms with Gasteiger partial charge in [-0.25, -0.2) is 4.98 Å². The molecule has 18 heavy (non-hydrogen) atoms. The number of hydrogen-bond donors (Lipinski definition) is 3. The van der Waals surface area contributed by atoms with E-state index in [9.17, 15) is 0 Å². The zero-order chi connectivity index (χ0) is 13.0. The third kappa shape index (κ3) is 2.87. The number of nitrogens with zero attached hydrogens (tertiary/aromatic N) is 2. The van der Waals surface area contributed by atoms with Crippen LogP contribution in [0.1, 0.15) is 19.8 Å². The van der Waals surface area contributed by atoms with Crippen LogP contribution in [0.25, 0.3) is 10.9 Å². The highest BCUT2D eigenvalue weighted by Crippen LogP contribution is 2.21. The Labute approximate surface area is 106 Å². The fraction of sp³-hybridized carbons (Fsp3) is 0.385. The minimum absolute atomic E-state index is 0.207. The molecular formula is C13H18N4O. The van der Waals surface area contributed by atoms with Crippen molar-refractivity contribution >= 4 is 22.7 Å². The predicted molar refractivity (Wildman–Crippen MR) is 73.4 cm³/mol. The first-order chi connectivity index (χ1) is 8.70. The second-order valence-electron chi connectivity index (χ2n) is 4.36. The van der Waals surface area contributed by atoms with Gasteiger partial charge in [0.05, 0.1) is 5.52 Å². The van der Waals surface area contributed by atoms with Gasteiger partial charge in [0, 0.05) is 18.0 Å². The number of rotatable bonds is 5. The fourth-order valence-electron chi connectivity index (χ4n) is 1.91. The van der Waals surface area contributed by atoms with Gasteiger partial charge >= 0.3 is 0 Å². The van der Waals surface area contributed by atoms with Crippen molar-refractivity contribution in [3.8, 4) is 0 Å². The molecule has 4 N–H and O–H groups in total. The maximum Gasteiger partial charge on any atom is 0.222 e. The largest absolute Gasteiger partial charge is 0.396 e. The SMILES string of the molecule is CC(CCCO)Nc1nc(N)nc2ccccc12. The van der Waals surface area contributed by atoms with Gasteiger partial charge in [0.1, 0.15) is 5.82 Å². The summed E-state index contributed by atoms with van der Waals surface area (Å²) in [6.07, 6.45) is 1.65. The summed E-state index contributed by atoms with van der Waals surface area (Å²) in [5, 5.41) is 13.1. The smallest absolute Gasteiger partial charge is 0.222 e. The normalized spacial score (nSPS) is 12.6. The summed E-state index contributed by atoms with van der Waals surface area (Å²) in [7, 11) is 0. The summed E-state index contributed by atoms with van der Waals surface area (Å²) in [4.78, 5) is 8.43. The Kier molecular flexibility index (Phi) is 3.94. The first-order valence-electron chi connectivity index (χ1n) is 6.10. The van der Waals surface area contributed by atoms with Crippen LogP contribution in [0.5, 0.6) is 0 Å². The van der Waals surface area contributed by atoms with Crippen LogP contribution in [0.4, 0.5) is 11.8 Å². The molecule has 0 aliphatic rings. The van der Waals surface area contributed by atoms with Crippen LogP contribution in [0, 0.1) is 0 Å². The van der Waals surface area contributed by atoms with Crippen LogP contribution in [-0.2, 0) is 0 Å². The van der Waals surface area contributed by atoms with Gasteiger partial charge in [-0.1, -0.05) is 12.1 Å². The van der Waals surface area contributed by atoms with Crippen molar-refractivity contribution in [3.63, 3.8) is 0 Å². The fourth-order valence-corrected chi connectivity index (χ4v) is 1.91. The highest BCUT2D eigenvalue weighted by atomic mass is 16.2. The molecule has 0 saturated heterocycles. The molecule has 5 nitrogen and oxygen atoms in total. The first-order valence-corrected chi connectivity index (χ1v) is 6.10. The van der Waals surface area contributed by atoms with Crippen LogP contribution >= 0.6 is 0 Å². The molecule has 5 heteroatoms. The van der Waals surface area contributed by atoms with E-state index in [-0.39, 0.29) is 18.6 Å². The number of nitrogens with two attached hydrogens (primary N) is 1. The molecule has 1 atom stereocenters. The summed E-state index contributed by atoms with van der Waals surface area (Å²) in [5.74, 6) is 1.02. The number of para-hydroxylation sites is 1. The molecular weight excluding hydrogens is 228 g/mol. The third-order valence-electron chi connectivity index (χ3n) is 2.80. The average molecular weight is 246 g/mol. The molecule has 96 valence electrons. The molecule has 0 spiro atoms. The molecule has 1 aromatic carbocycles. The van der Waals surface area contributed by atoms with Crippen molar-refractivity contribution in [3.05, 3.63) is 24.3 Å². The molecule has 2 aromatic rings. The number of benzene rings is 1. The number of aliphatic hydroxyl groups excluding tert-OH is 1. The number of nitrogen functional groups attached to an aromatic ring is 1. The Balaban J connectivity index is 2.26. The first kappa shape index (κ1) is 12.6. The van der Waals surface area contributed by atoms with E-state index in [1.807, 2.05) is 24.3 Å². The third-order valence-corrected chi connectivity index (χ3v) is 2.80. The van der Waals surface area contributed by atoms with Crippen molar-refractivity contribution in [1.29, 1.82) is 0 Å². The van der Waals surface area contributed by atoms with E-state index in [1.165, 1.54) is 0 Å². The lowest BCUT2D eigenvalue weighted by Gasteiger charge is -2.15. The molecule has 0 fully saturated rings. The molecule has 0 aliphatic carbocycles. The highest BCUT2D eigenvalue weighted by molar-refractivity contribution is 5.89. The standard InChI is InChI=1S/C13H18N4O/c1-9(5-4-8-18)15-12-10-6-2-3-7-11(10)16-13(14)17-12/h2-3,6-7,9,18H,4-5,8H2,1H3,(H3,14,15,16,17). The summed E-state index contributed by atoms with van der Waals surface area (Å²) < 4.78 is 0. The number of anilines is 2. The van der Waals surface area contributed by atoms with Gasteiger partial charge in [-0.3, -0.25) is 0 Å². The van der Waals surface area contributed by atoms with Gasteiger partial charge in [-0.15, -0.1) is 0 Å². The zero-order valence-corrected chi connectivity index (χ0v) is 10.4. The molecule has 1 heterocycles. The highest BCUT2D eigenvalue weighted by Gasteiger charge is 2.08. The summed E-state index contributed by atoms with van der Waals surface area (Å²) in [6, 6.07) is 7.99. The average Bonchev–Trinajstić information content (AvgIpc) is 2.36. The van der Waals surface area contributed by atoms with Gasteiger partial charge in [0.25, 0.3) is 0 Å². The Morgan fingerprint density at radius 3 is 2.89 bits per heavy atom. The molecule has 0 saturated carbocycles. The molecule has 0 aliphatic heterocycles.